The molecular formula is C21H19FIrNO2-. The van der Waals surface area contributed by atoms with Gasteiger partial charge in [0.05, 0.1) is 5.76 Å². The van der Waals surface area contributed by atoms with Crippen molar-refractivity contribution in [1.29, 1.82) is 0 Å². The molecule has 0 atom stereocenters. The molecular weight excluding hydrogens is 509 g/mol. The third kappa shape index (κ3) is 5.87. The number of hydrogen-bond donors (Lipinski definition) is 1. The van der Waals surface area contributed by atoms with Crippen molar-refractivity contribution in [2.24, 2.45) is 0 Å². The van der Waals surface area contributed by atoms with Gasteiger partial charge >= 0.3 is 0 Å². The van der Waals surface area contributed by atoms with Crippen LogP contribution in [0.3, 0.4) is 0 Å². The van der Waals surface area contributed by atoms with E-state index in [9.17, 15) is 9.18 Å². The van der Waals surface area contributed by atoms with E-state index in [1.807, 2.05) is 30.3 Å². The number of carbonyl (C=O) groups is 1. The summed E-state index contributed by atoms with van der Waals surface area (Å²) in [6.07, 6.45) is 2.91. The molecule has 3 aromatic rings. The van der Waals surface area contributed by atoms with Crippen molar-refractivity contribution in [3.8, 4) is 11.1 Å². The van der Waals surface area contributed by atoms with Crippen LogP contribution in [-0.2, 0) is 24.9 Å². The first-order chi connectivity index (χ1) is 11.9. The van der Waals surface area contributed by atoms with E-state index in [0.29, 0.717) is 5.56 Å². The van der Waals surface area contributed by atoms with Gasteiger partial charge in [0.1, 0.15) is 0 Å². The molecule has 3 nitrogen and oxygen atoms in total. The van der Waals surface area contributed by atoms with Gasteiger partial charge in [-0.1, -0.05) is 42.3 Å². The van der Waals surface area contributed by atoms with Crippen LogP contribution < -0.4 is 0 Å². The molecule has 3 rings (SSSR count). The number of para-hydroxylation sites is 1. The number of aromatic nitrogens is 1. The Balaban J connectivity index is 0.000000366. The summed E-state index contributed by atoms with van der Waals surface area (Å²) >= 11 is 0. The average molecular weight is 529 g/mol. The van der Waals surface area contributed by atoms with E-state index in [2.05, 4.69) is 11.1 Å². The Morgan fingerprint density at radius 3 is 2.50 bits per heavy atom. The molecule has 0 saturated carbocycles. The SMILES string of the molecule is CC(=O)/C=C(/C)O.Cc1c[c-]c(-c2cccc3cccnc23)cc1F.[Ir]. The molecule has 5 heteroatoms. The number of hydrogen-bond acceptors (Lipinski definition) is 3. The molecule has 0 fully saturated rings. The maximum absolute atomic E-state index is 13.6. The Hall–Kier alpha value is -2.36. The van der Waals surface area contributed by atoms with Gasteiger partial charge in [0, 0.05) is 43.7 Å². The normalized spacial score (nSPS) is 10.5. The van der Waals surface area contributed by atoms with Gasteiger partial charge in [0.15, 0.2) is 5.78 Å². The van der Waals surface area contributed by atoms with Crippen molar-refractivity contribution in [3.63, 3.8) is 0 Å². The minimum atomic E-state index is -0.211. The largest absolute Gasteiger partial charge is 0.512 e. The number of aliphatic hydroxyl groups excluding tert-OH is 1. The molecule has 1 N–H and O–H groups in total. The molecule has 0 aliphatic heterocycles. The molecule has 26 heavy (non-hydrogen) atoms. The predicted octanol–water partition coefficient (Wildman–Crippen LogP) is 5.18. The molecule has 0 saturated heterocycles. The van der Waals surface area contributed by atoms with E-state index in [1.54, 1.807) is 19.2 Å². The predicted molar refractivity (Wildman–Crippen MR) is 97.8 cm³/mol. The first-order valence-electron chi connectivity index (χ1n) is 7.78. The summed E-state index contributed by atoms with van der Waals surface area (Å²) in [4.78, 5) is 14.4. The Morgan fingerprint density at radius 1 is 1.23 bits per heavy atom. The first-order valence-corrected chi connectivity index (χ1v) is 7.78. The minimum absolute atomic E-state index is 0. The van der Waals surface area contributed by atoms with Crippen LogP contribution in [-0.4, -0.2) is 15.9 Å². The molecule has 0 unspecified atom stereocenters. The molecule has 0 bridgehead atoms. The van der Waals surface area contributed by atoms with E-state index in [-0.39, 0.29) is 37.5 Å². The number of halogens is 1. The monoisotopic (exact) mass is 529 g/mol. The zero-order chi connectivity index (χ0) is 18.4. The summed E-state index contributed by atoms with van der Waals surface area (Å²) in [5, 5.41) is 9.41. The van der Waals surface area contributed by atoms with Gasteiger partial charge in [0.2, 0.25) is 0 Å². The summed E-state index contributed by atoms with van der Waals surface area (Å²) in [7, 11) is 0. The van der Waals surface area contributed by atoms with Crippen LogP contribution in [0.1, 0.15) is 19.4 Å². The van der Waals surface area contributed by atoms with E-state index in [4.69, 9.17) is 5.11 Å². The standard InChI is InChI=1S/C16H11FN.C5H8O2.Ir/c1-11-7-8-13(10-15(11)17)14-6-2-4-12-5-3-9-18-16(12)14;1-4(6)3-5(2)7;/h2-7,9-10H,1H3;3,6H,1-2H3;/q-1;;/b;4-3-;. The number of aliphatic hydroxyl groups is 1. The van der Waals surface area contributed by atoms with Gasteiger partial charge in [-0.2, -0.15) is 0 Å². The fourth-order valence-electron chi connectivity index (χ4n) is 2.31. The van der Waals surface area contributed by atoms with E-state index in [1.165, 1.54) is 26.0 Å². The van der Waals surface area contributed by atoms with Crippen molar-refractivity contribution < 1.29 is 34.4 Å². The summed E-state index contributed by atoms with van der Waals surface area (Å²) < 4.78 is 13.6. The Morgan fingerprint density at radius 2 is 1.92 bits per heavy atom. The van der Waals surface area contributed by atoms with Gasteiger partial charge in [-0.15, -0.1) is 23.8 Å². The number of allylic oxidation sites excluding steroid dienone is 2. The zero-order valence-corrected chi connectivity index (χ0v) is 17.1. The molecule has 0 amide bonds. The molecule has 1 aromatic heterocycles. The van der Waals surface area contributed by atoms with Crippen LogP contribution in [0.25, 0.3) is 22.0 Å². The van der Waals surface area contributed by atoms with Gasteiger partial charge in [-0.3, -0.25) is 9.78 Å². The van der Waals surface area contributed by atoms with E-state index < -0.39 is 0 Å². The van der Waals surface area contributed by atoms with Crippen molar-refractivity contribution in [1.82, 2.24) is 4.98 Å². The fraction of sp³-hybridized carbons (Fsp3) is 0.143. The van der Waals surface area contributed by atoms with Crippen LogP contribution in [0.2, 0.25) is 0 Å². The minimum Gasteiger partial charge on any atom is -0.512 e. The summed E-state index contributed by atoms with van der Waals surface area (Å²) in [5.74, 6) is -0.274. The molecule has 0 aliphatic rings. The summed E-state index contributed by atoms with van der Waals surface area (Å²) in [5.41, 5.74) is 3.13. The topological polar surface area (TPSA) is 50.2 Å². The van der Waals surface area contributed by atoms with Crippen LogP contribution in [0.5, 0.6) is 0 Å². The van der Waals surface area contributed by atoms with Crippen LogP contribution in [0.15, 0.2) is 60.5 Å². The van der Waals surface area contributed by atoms with Crippen LogP contribution in [0, 0.1) is 18.8 Å². The van der Waals surface area contributed by atoms with Crippen LogP contribution in [0.4, 0.5) is 4.39 Å². The van der Waals surface area contributed by atoms with Crippen molar-refractivity contribution in [2.75, 3.05) is 0 Å². The third-order valence-electron chi connectivity index (χ3n) is 3.43. The number of benzene rings is 2. The second-order valence-corrected chi connectivity index (χ2v) is 5.65. The maximum Gasteiger partial charge on any atom is 0.155 e. The second kappa shape index (κ2) is 9.95. The molecule has 2 aromatic carbocycles. The molecule has 1 heterocycles. The Labute approximate surface area is 165 Å². The van der Waals surface area contributed by atoms with Crippen LogP contribution >= 0.6 is 0 Å². The number of pyridine rings is 1. The van der Waals surface area contributed by atoms with E-state index in [0.717, 1.165) is 22.0 Å². The number of fused-ring (bicyclic) bond motifs is 1. The Kier molecular flexibility index (Phi) is 8.30. The second-order valence-electron chi connectivity index (χ2n) is 5.65. The quantitative estimate of drug-likeness (QED) is 0.283. The first kappa shape index (κ1) is 21.7. The van der Waals surface area contributed by atoms with Crippen molar-refractivity contribution in [2.45, 2.75) is 20.8 Å². The molecule has 0 aliphatic carbocycles. The number of rotatable bonds is 2. The zero-order valence-electron chi connectivity index (χ0n) is 14.7. The van der Waals surface area contributed by atoms with E-state index >= 15 is 0 Å². The number of carbonyl (C=O) groups excluding carboxylic acids is 1. The van der Waals surface area contributed by atoms with Gasteiger partial charge in [-0.05, 0) is 25.3 Å². The molecule has 1 radical (unpaired) electrons. The van der Waals surface area contributed by atoms with Gasteiger partial charge in [-0.25, -0.2) is 4.39 Å². The number of aryl methyl sites for hydroxylation is 1. The maximum atomic E-state index is 13.6. The number of ketones is 1. The molecule has 137 valence electrons. The Bertz CT molecular complexity index is 929. The summed E-state index contributed by atoms with van der Waals surface area (Å²) in [6, 6.07) is 16.1. The third-order valence-corrected chi connectivity index (χ3v) is 3.43. The molecule has 0 spiro atoms. The summed E-state index contributed by atoms with van der Waals surface area (Å²) in [6.45, 7) is 4.58. The van der Waals surface area contributed by atoms with Gasteiger partial charge < -0.3 is 5.11 Å². The average Bonchev–Trinajstić information content (AvgIpc) is 2.56. The van der Waals surface area contributed by atoms with Gasteiger partial charge in [0.25, 0.3) is 0 Å². The van der Waals surface area contributed by atoms with Crippen molar-refractivity contribution >= 4 is 16.7 Å². The smallest absolute Gasteiger partial charge is 0.155 e. The number of nitrogens with zero attached hydrogens (tertiary/aromatic N) is 1. The van der Waals surface area contributed by atoms with Crippen molar-refractivity contribution in [3.05, 3.63) is 77.9 Å². The fourth-order valence-corrected chi connectivity index (χ4v) is 2.31.